The van der Waals surface area contributed by atoms with E-state index < -0.39 is 0 Å². The minimum absolute atomic E-state index is 0.121. The van der Waals surface area contributed by atoms with Crippen LogP contribution in [0.2, 0.25) is 0 Å². The third-order valence-electron chi connectivity index (χ3n) is 3.64. The molecule has 0 saturated carbocycles. The van der Waals surface area contributed by atoms with E-state index in [0.29, 0.717) is 5.95 Å². The highest BCUT2D eigenvalue weighted by Gasteiger charge is 2.37. The molecule has 1 fully saturated rings. The van der Waals surface area contributed by atoms with Crippen LogP contribution in [0.15, 0.2) is 24.3 Å². The highest BCUT2D eigenvalue weighted by atomic mass is 16.5. The van der Waals surface area contributed by atoms with E-state index >= 15 is 0 Å². The van der Waals surface area contributed by atoms with Gasteiger partial charge in [-0.1, -0.05) is 12.1 Å². The van der Waals surface area contributed by atoms with Crippen LogP contribution in [-0.2, 0) is 4.74 Å². The molecule has 1 N–H and O–H groups in total. The first-order chi connectivity index (χ1) is 8.67. The highest BCUT2D eigenvalue weighted by Crippen LogP contribution is 2.28. The van der Waals surface area contributed by atoms with Gasteiger partial charge in [-0.05, 0) is 32.4 Å². The lowest BCUT2D eigenvalue weighted by molar-refractivity contribution is 0.105. The van der Waals surface area contributed by atoms with Crippen LogP contribution in [0.5, 0.6) is 0 Å². The largest absolute Gasteiger partial charge is 0.376 e. The molecule has 3 rings (SSSR count). The molecule has 2 unspecified atom stereocenters. The summed E-state index contributed by atoms with van der Waals surface area (Å²) in [6.07, 6.45) is 1.09. The fraction of sp³-hybridized carbons (Fsp3) is 0.462. The molecule has 5 heteroatoms. The Labute approximate surface area is 106 Å². The van der Waals surface area contributed by atoms with E-state index in [1.165, 1.54) is 0 Å². The van der Waals surface area contributed by atoms with Crippen LogP contribution in [0.4, 0.5) is 5.95 Å². The average molecular weight is 244 g/mol. The fourth-order valence-corrected chi connectivity index (χ4v) is 2.19. The van der Waals surface area contributed by atoms with E-state index in [0.717, 1.165) is 24.1 Å². The molecule has 2 heterocycles. The number of anilines is 1. The number of fused-ring (bicyclic) bond motifs is 1. The first-order valence-electron chi connectivity index (χ1n) is 6.17. The van der Waals surface area contributed by atoms with Gasteiger partial charge in [0.15, 0.2) is 0 Å². The summed E-state index contributed by atoms with van der Waals surface area (Å²) < 4.78 is 5.59. The smallest absolute Gasteiger partial charge is 0.243 e. The Kier molecular flexibility index (Phi) is 2.63. The van der Waals surface area contributed by atoms with Gasteiger partial charge in [0.25, 0.3) is 0 Å². The lowest BCUT2D eigenvalue weighted by atomic mass is 9.95. The summed E-state index contributed by atoms with van der Waals surface area (Å²) in [5, 5.41) is 11.6. The molecule has 18 heavy (non-hydrogen) atoms. The molecule has 1 aromatic heterocycles. The van der Waals surface area contributed by atoms with Crippen LogP contribution in [0.1, 0.15) is 20.3 Å². The number of ether oxygens (including phenoxy) is 1. The molecular weight excluding hydrogens is 228 g/mol. The number of aromatic nitrogens is 3. The molecule has 0 aliphatic carbocycles. The Hall–Kier alpha value is -1.75. The fourth-order valence-electron chi connectivity index (χ4n) is 2.19. The van der Waals surface area contributed by atoms with E-state index in [1.807, 2.05) is 24.3 Å². The van der Waals surface area contributed by atoms with Gasteiger partial charge in [0.2, 0.25) is 5.95 Å². The van der Waals surface area contributed by atoms with Crippen molar-refractivity contribution in [3.8, 4) is 0 Å². The number of hydrogen-bond donors (Lipinski definition) is 1. The Morgan fingerprint density at radius 3 is 2.78 bits per heavy atom. The first kappa shape index (κ1) is 11.3. The zero-order chi connectivity index (χ0) is 12.6. The molecule has 5 nitrogen and oxygen atoms in total. The molecule has 1 aliphatic heterocycles. The van der Waals surface area contributed by atoms with Gasteiger partial charge in [-0.25, -0.2) is 4.98 Å². The summed E-state index contributed by atoms with van der Waals surface area (Å²) in [7, 11) is 0. The van der Waals surface area contributed by atoms with Gasteiger partial charge in [0.05, 0.1) is 17.2 Å². The molecule has 0 radical (unpaired) electrons. The number of nitrogens with one attached hydrogen (secondary N) is 1. The molecule has 0 bridgehead atoms. The van der Waals surface area contributed by atoms with E-state index in [4.69, 9.17) is 4.74 Å². The molecule has 2 atom stereocenters. The van der Waals surface area contributed by atoms with Crippen molar-refractivity contribution < 1.29 is 4.74 Å². The second kappa shape index (κ2) is 4.17. The van der Waals surface area contributed by atoms with Gasteiger partial charge in [0, 0.05) is 6.61 Å². The monoisotopic (exact) mass is 244 g/mol. The van der Waals surface area contributed by atoms with Crippen LogP contribution in [0, 0.1) is 0 Å². The first-order valence-corrected chi connectivity index (χ1v) is 6.17. The molecule has 1 aromatic carbocycles. The minimum Gasteiger partial charge on any atom is -0.376 e. The van der Waals surface area contributed by atoms with Gasteiger partial charge in [-0.3, -0.25) is 0 Å². The quantitative estimate of drug-likeness (QED) is 0.875. The van der Waals surface area contributed by atoms with Gasteiger partial charge < -0.3 is 10.1 Å². The lowest BCUT2D eigenvalue weighted by Crippen LogP contribution is -2.41. The van der Waals surface area contributed by atoms with Crippen molar-refractivity contribution in [2.45, 2.75) is 31.9 Å². The summed E-state index contributed by atoms with van der Waals surface area (Å²) in [5.41, 5.74) is 1.54. The van der Waals surface area contributed by atoms with Crippen LogP contribution < -0.4 is 5.32 Å². The van der Waals surface area contributed by atoms with Crippen molar-refractivity contribution in [2.24, 2.45) is 0 Å². The topological polar surface area (TPSA) is 59.9 Å². The average Bonchev–Trinajstić information content (AvgIpc) is 2.69. The number of rotatable bonds is 2. The van der Waals surface area contributed by atoms with Gasteiger partial charge >= 0.3 is 0 Å². The summed E-state index contributed by atoms with van der Waals surface area (Å²) >= 11 is 0. The number of para-hydroxylation sites is 1. The second-order valence-corrected chi connectivity index (χ2v) is 4.93. The predicted molar refractivity (Wildman–Crippen MR) is 69.4 cm³/mol. The molecule has 1 saturated heterocycles. The van der Waals surface area contributed by atoms with Crippen molar-refractivity contribution in [3.05, 3.63) is 24.3 Å². The standard InChI is InChI=1S/C13H16N4O/c1-9-13(2,7-8-18-9)15-12-14-10-5-3-4-6-11(10)16-17-12/h3-6,9H,7-8H2,1-2H3,(H,14,15,17). The summed E-state index contributed by atoms with van der Waals surface area (Å²) in [6, 6.07) is 7.72. The maximum Gasteiger partial charge on any atom is 0.243 e. The number of hydrogen-bond acceptors (Lipinski definition) is 5. The lowest BCUT2D eigenvalue weighted by Gasteiger charge is -2.28. The van der Waals surface area contributed by atoms with E-state index in [1.54, 1.807) is 0 Å². The minimum atomic E-state index is -0.121. The Bertz CT molecular complexity index is 574. The SMILES string of the molecule is CC1OCCC1(C)Nc1nnc2ccccc2n1. The van der Waals surface area contributed by atoms with E-state index in [9.17, 15) is 0 Å². The van der Waals surface area contributed by atoms with Crippen LogP contribution >= 0.6 is 0 Å². The van der Waals surface area contributed by atoms with Crippen molar-refractivity contribution in [3.63, 3.8) is 0 Å². The molecule has 1 aliphatic rings. The highest BCUT2D eigenvalue weighted by molar-refractivity contribution is 5.74. The maximum atomic E-state index is 5.59. The zero-order valence-corrected chi connectivity index (χ0v) is 10.6. The van der Waals surface area contributed by atoms with Gasteiger partial charge in [-0.15, -0.1) is 10.2 Å². The van der Waals surface area contributed by atoms with Crippen molar-refractivity contribution in [1.82, 2.24) is 15.2 Å². The van der Waals surface area contributed by atoms with E-state index in [2.05, 4.69) is 34.3 Å². The van der Waals surface area contributed by atoms with E-state index in [-0.39, 0.29) is 11.6 Å². The molecule has 94 valence electrons. The van der Waals surface area contributed by atoms with Crippen LogP contribution in [0.25, 0.3) is 11.0 Å². The normalized spacial score (nSPS) is 27.6. The summed E-state index contributed by atoms with van der Waals surface area (Å²) in [4.78, 5) is 4.48. The second-order valence-electron chi connectivity index (χ2n) is 4.93. The Morgan fingerprint density at radius 2 is 2.06 bits per heavy atom. The predicted octanol–water partition coefficient (Wildman–Crippen LogP) is 2.00. The summed E-state index contributed by atoms with van der Waals surface area (Å²) in [5.74, 6) is 0.563. The van der Waals surface area contributed by atoms with Crippen molar-refractivity contribution >= 4 is 17.0 Å². The number of nitrogens with zero attached hydrogens (tertiary/aromatic N) is 3. The van der Waals surface area contributed by atoms with Gasteiger partial charge in [-0.2, -0.15) is 0 Å². The number of benzene rings is 1. The molecule has 2 aromatic rings. The van der Waals surface area contributed by atoms with Crippen molar-refractivity contribution in [1.29, 1.82) is 0 Å². The van der Waals surface area contributed by atoms with Crippen molar-refractivity contribution in [2.75, 3.05) is 11.9 Å². The summed E-state index contributed by atoms with van der Waals surface area (Å²) in [6.45, 7) is 4.96. The zero-order valence-electron chi connectivity index (χ0n) is 10.6. The third-order valence-corrected chi connectivity index (χ3v) is 3.64. The maximum absolute atomic E-state index is 5.59. The molecule has 0 amide bonds. The van der Waals surface area contributed by atoms with Crippen LogP contribution in [-0.4, -0.2) is 33.4 Å². The Balaban J connectivity index is 1.91. The molecular formula is C13H16N4O. The third kappa shape index (κ3) is 1.90. The van der Waals surface area contributed by atoms with Gasteiger partial charge in [0.1, 0.15) is 5.52 Å². The molecule has 0 spiro atoms. The Morgan fingerprint density at radius 1 is 1.28 bits per heavy atom. The van der Waals surface area contributed by atoms with Crippen LogP contribution in [0.3, 0.4) is 0 Å².